The van der Waals surface area contributed by atoms with Gasteiger partial charge >= 0.3 is 0 Å². The number of allylic oxidation sites excluding steroid dienone is 1. The van der Waals surface area contributed by atoms with Gasteiger partial charge in [0.2, 0.25) is 5.95 Å². The van der Waals surface area contributed by atoms with Crippen LogP contribution >= 0.6 is 0 Å². The van der Waals surface area contributed by atoms with Crippen molar-refractivity contribution in [2.45, 2.75) is 6.92 Å². The molecular formula is C27H31FN8O3. The first-order chi connectivity index (χ1) is 18.5. The lowest BCUT2D eigenvalue weighted by Crippen LogP contribution is -2.28. The average molecular weight is 535 g/mol. The summed E-state index contributed by atoms with van der Waals surface area (Å²) in [4.78, 5) is 24.1. The summed E-state index contributed by atoms with van der Waals surface area (Å²) in [5.74, 6) is 0.0702. The number of halogens is 1. The molecule has 0 fully saturated rings. The van der Waals surface area contributed by atoms with Crippen LogP contribution in [0.25, 0.3) is 27.7 Å². The van der Waals surface area contributed by atoms with Crippen molar-refractivity contribution in [1.29, 1.82) is 0 Å². The summed E-state index contributed by atoms with van der Waals surface area (Å²) in [5.41, 5.74) is 3.37. The molecule has 2 aromatic heterocycles. The number of nitrogens with one attached hydrogen (secondary N) is 1. The van der Waals surface area contributed by atoms with E-state index in [0.717, 1.165) is 17.8 Å². The molecule has 2 aromatic carbocycles. The van der Waals surface area contributed by atoms with Crippen LogP contribution in [0.2, 0.25) is 0 Å². The molecule has 0 amide bonds. The number of anilines is 3. The molecule has 0 aliphatic rings. The standard InChI is InChI=1S/C27H31FN8O3/c1-16(2)26-18-12-17(13-19(28)25(18)32-35(26)6)20-8-9-29-27(30-20)31-21-14-23(36(37)38)22(15-24(21)39-7)34(5)11-10-33(3)4/h8-9,12-15H,1,10-11H2,2-7H3,(H,29,30,31). The molecular weight excluding hydrogens is 503 g/mol. The topological polar surface area (TPSA) is 114 Å². The van der Waals surface area contributed by atoms with Gasteiger partial charge in [-0.05, 0) is 44.8 Å². The van der Waals surface area contributed by atoms with Crippen molar-refractivity contribution in [2.24, 2.45) is 7.05 Å². The van der Waals surface area contributed by atoms with Crippen LogP contribution in [0.15, 0.2) is 43.1 Å². The largest absolute Gasteiger partial charge is 0.494 e. The summed E-state index contributed by atoms with van der Waals surface area (Å²) in [5, 5.41) is 19.9. The number of aromatic nitrogens is 4. The van der Waals surface area contributed by atoms with Crippen LogP contribution in [0.5, 0.6) is 5.75 Å². The lowest BCUT2D eigenvalue weighted by atomic mass is 10.0. The van der Waals surface area contributed by atoms with Crippen LogP contribution in [0.3, 0.4) is 0 Å². The van der Waals surface area contributed by atoms with E-state index in [1.165, 1.54) is 25.4 Å². The van der Waals surface area contributed by atoms with Gasteiger partial charge in [-0.2, -0.15) is 5.10 Å². The Morgan fingerprint density at radius 2 is 1.97 bits per heavy atom. The number of methoxy groups -OCH3 is 1. The summed E-state index contributed by atoms with van der Waals surface area (Å²) in [7, 11) is 8.90. The average Bonchev–Trinajstić information content (AvgIpc) is 3.23. The fourth-order valence-corrected chi connectivity index (χ4v) is 4.36. The third-order valence-electron chi connectivity index (χ3n) is 6.28. The molecule has 0 bridgehead atoms. The van der Waals surface area contributed by atoms with Gasteiger partial charge in [-0.15, -0.1) is 0 Å². The van der Waals surface area contributed by atoms with Crippen LogP contribution < -0.4 is 15.0 Å². The van der Waals surface area contributed by atoms with E-state index in [2.05, 4.69) is 27.0 Å². The van der Waals surface area contributed by atoms with E-state index in [1.807, 2.05) is 36.9 Å². The van der Waals surface area contributed by atoms with Gasteiger partial charge in [0, 0.05) is 56.5 Å². The number of hydrogen-bond donors (Lipinski definition) is 1. The van der Waals surface area contributed by atoms with E-state index in [9.17, 15) is 10.1 Å². The summed E-state index contributed by atoms with van der Waals surface area (Å²) in [6, 6.07) is 7.85. The Morgan fingerprint density at radius 1 is 1.23 bits per heavy atom. The molecule has 204 valence electrons. The number of aryl methyl sites for hydroxylation is 1. The Kier molecular flexibility index (Phi) is 7.77. The number of nitro benzene ring substituents is 1. The van der Waals surface area contributed by atoms with Crippen molar-refractivity contribution < 1.29 is 14.1 Å². The molecule has 0 saturated heterocycles. The minimum absolute atomic E-state index is 0.0906. The summed E-state index contributed by atoms with van der Waals surface area (Å²) >= 11 is 0. The van der Waals surface area contributed by atoms with Crippen molar-refractivity contribution in [2.75, 3.05) is 51.6 Å². The Morgan fingerprint density at radius 3 is 2.62 bits per heavy atom. The van der Waals surface area contributed by atoms with Crippen molar-refractivity contribution in [1.82, 2.24) is 24.6 Å². The highest BCUT2D eigenvalue weighted by molar-refractivity contribution is 5.93. The predicted octanol–water partition coefficient (Wildman–Crippen LogP) is 4.86. The molecule has 0 spiro atoms. The molecule has 0 unspecified atom stereocenters. The van der Waals surface area contributed by atoms with Crippen LogP contribution in [0, 0.1) is 15.9 Å². The lowest BCUT2D eigenvalue weighted by Gasteiger charge is -2.22. The number of ether oxygens (including phenoxy) is 1. The second-order valence-corrected chi connectivity index (χ2v) is 9.52. The molecule has 0 atom stereocenters. The van der Waals surface area contributed by atoms with Gasteiger partial charge in [-0.1, -0.05) is 6.58 Å². The molecule has 2 heterocycles. The van der Waals surface area contributed by atoms with Crippen molar-refractivity contribution >= 4 is 39.5 Å². The highest BCUT2D eigenvalue weighted by Crippen LogP contribution is 2.39. The molecule has 11 nitrogen and oxygen atoms in total. The van der Waals surface area contributed by atoms with E-state index >= 15 is 4.39 Å². The van der Waals surface area contributed by atoms with E-state index in [0.29, 0.717) is 40.3 Å². The van der Waals surface area contributed by atoms with Crippen molar-refractivity contribution in [3.05, 3.63) is 64.7 Å². The predicted molar refractivity (Wildman–Crippen MR) is 151 cm³/mol. The first kappa shape index (κ1) is 27.5. The van der Waals surface area contributed by atoms with Crippen LogP contribution in [-0.2, 0) is 7.05 Å². The Balaban J connectivity index is 1.72. The Bertz CT molecular complexity index is 1570. The number of rotatable bonds is 10. The summed E-state index contributed by atoms with van der Waals surface area (Å²) in [6.45, 7) is 7.13. The molecule has 4 rings (SSSR count). The second kappa shape index (κ2) is 11.0. The SMILES string of the molecule is C=C(C)c1c2cc(-c3ccnc(Nc4cc([N+](=O)[O-])c(N(C)CCN(C)C)cc4OC)n3)cc(F)c2nn1C. The van der Waals surface area contributed by atoms with Gasteiger partial charge in [0.1, 0.15) is 17.0 Å². The second-order valence-electron chi connectivity index (χ2n) is 9.52. The van der Waals surface area contributed by atoms with E-state index in [4.69, 9.17) is 4.74 Å². The normalized spacial score (nSPS) is 11.2. The minimum Gasteiger partial charge on any atom is -0.494 e. The highest BCUT2D eigenvalue weighted by Gasteiger charge is 2.23. The van der Waals surface area contributed by atoms with Gasteiger partial charge in [0.05, 0.1) is 29.1 Å². The number of benzene rings is 2. The third-order valence-corrected chi connectivity index (χ3v) is 6.28. The zero-order valence-electron chi connectivity index (χ0n) is 22.8. The van der Waals surface area contributed by atoms with E-state index < -0.39 is 10.7 Å². The highest BCUT2D eigenvalue weighted by atomic mass is 19.1. The maximum Gasteiger partial charge on any atom is 0.294 e. The first-order valence-electron chi connectivity index (χ1n) is 12.1. The lowest BCUT2D eigenvalue weighted by molar-refractivity contribution is -0.384. The molecule has 0 aliphatic heterocycles. The summed E-state index contributed by atoms with van der Waals surface area (Å²) in [6.07, 6.45) is 1.53. The molecule has 39 heavy (non-hydrogen) atoms. The van der Waals surface area contributed by atoms with Crippen molar-refractivity contribution in [3.63, 3.8) is 0 Å². The quantitative estimate of drug-likeness (QED) is 0.225. The van der Waals surface area contributed by atoms with Crippen LogP contribution in [0.4, 0.5) is 27.4 Å². The molecule has 0 aliphatic carbocycles. The molecule has 4 aromatic rings. The van der Waals surface area contributed by atoms with Crippen LogP contribution in [0.1, 0.15) is 12.6 Å². The zero-order chi connectivity index (χ0) is 28.4. The van der Waals surface area contributed by atoms with Gasteiger partial charge in [0.15, 0.2) is 5.82 Å². The van der Waals surface area contributed by atoms with E-state index in [1.54, 1.807) is 30.9 Å². The van der Waals surface area contributed by atoms with Gasteiger partial charge in [0.25, 0.3) is 5.69 Å². The van der Waals surface area contributed by atoms with Gasteiger partial charge in [-0.3, -0.25) is 14.8 Å². The van der Waals surface area contributed by atoms with Crippen LogP contribution in [-0.4, -0.2) is 70.9 Å². The number of likely N-dealkylation sites (N-methyl/N-ethyl adjacent to an activating group) is 2. The van der Waals surface area contributed by atoms with E-state index in [-0.39, 0.29) is 17.2 Å². The monoisotopic (exact) mass is 534 g/mol. The Hall–Kier alpha value is -4.58. The fraction of sp³-hybridized carbons (Fsp3) is 0.296. The summed E-state index contributed by atoms with van der Waals surface area (Å²) < 4.78 is 22.2. The number of nitrogens with zero attached hydrogens (tertiary/aromatic N) is 7. The minimum atomic E-state index is -0.481. The molecule has 0 saturated carbocycles. The molecule has 0 radical (unpaired) electrons. The number of fused-ring (bicyclic) bond motifs is 1. The van der Waals surface area contributed by atoms with Gasteiger partial charge in [-0.25, -0.2) is 14.4 Å². The maximum atomic E-state index is 15.0. The van der Waals surface area contributed by atoms with Gasteiger partial charge < -0.3 is 19.9 Å². The third kappa shape index (κ3) is 5.65. The smallest absolute Gasteiger partial charge is 0.294 e. The number of hydrogen-bond acceptors (Lipinski definition) is 9. The zero-order valence-corrected chi connectivity index (χ0v) is 22.8. The molecule has 12 heteroatoms. The maximum absolute atomic E-state index is 15.0. The fourth-order valence-electron chi connectivity index (χ4n) is 4.36. The molecule has 1 N–H and O–H groups in total. The van der Waals surface area contributed by atoms with Crippen molar-refractivity contribution in [3.8, 4) is 17.0 Å². The number of nitro groups is 1. The first-order valence-corrected chi connectivity index (χ1v) is 12.1. The Labute approximate surface area is 225 Å².